The van der Waals surface area contributed by atoms with Crippen molar-refractivity contribution in [1.82, 2.24) is 0 Å². The van der Waals surface area contributed by atoms with E-state index in [1.54, 1.807) is 0 Å². The molecule has 0 bridgehead atoms. The largest absolute Gasteiger partial charge is 0.458 e. The molecule has 0 radical (unpaired) electrons. The van der Waals surface area contributed by atoms with E-state index in [1.807, 2.05) is 36.4 Å². The van der Waals surface area contributed by atoms with Crippen LogP contribution in [-0.2, 0) is 14.0 Å². The molecule has 138 valence electrons. The topological polar surface area (TPSA) is 55.8 Å². The van der Waals surface area contributed by atoms with Crippen LogP contribution in [0.25, 0.3) is 0 Å². The van der Waals surface area contributed by atoms with Crippen molar-refractivity contribution in [2.45, 2.75) is 44.4 Å². The van der Waals surface area contributed by atoms with Crippen LogP contribution in [0.5, 0.6) is 0 Å². The normalized spacial score (nSPS) is 20.8. The van der Waals surface area contributed by atoms with Gasteiger partial charge in [0.25, 0.3) is 8.32 Å². The minimum atomic E-state index is -2.63. The molecule has 2 atom stereocenters. The highest BCUT2D eigenvalue weighted by Gasteiger charge is 2.51. The molecule has 0 aliphatic carbocycles. The standard InChI is InChI=1S/C21H26O4Si/c1-21(2,3)26(17-10-6-4-7-11-17,18-12-8-5-9-13-18)24-15-16-14-19(22)20(23)25-16/h4-13,16,19,22H,14-15H2,1-3H3/t16-,19+/m0/s1. The Bertz CT molecular complexity index is 700. The van der Waals surface area contributed by atoms with E-state index in [-0.39, 0.29) is 18.1 Å². The third kappa shape index (κ3) is 3.47. The van der Waals surface area contributed by atoms with E-state index in [0.29, 0.717) is 0 Å². The predicted molar refractivity (Wildman–Crippen MR) is 104 cm³/mol. The molecule has 4 nitrogen and oxygen atoms in total. The van der Waals surface area contributed by atoms with E-state index in [9.17, 15) is 9.90 Å². The van der Waals surface area contributed by atoms with Crippen LogP contribution in [0.15, 0.2) is 60.7 Å². The van der Waals surface area contributed by atoms with E-state index in [4.69, 9.17) is 9.16 Å². The molecule has 0 aromatic heterocycles. The Hall–Kier alpha value is -1.95. The molecule has 1 heterocycles. The van der Waals surface area contributed by atoms with Crippen molar-refractivity contribution in [3.8, 4) is 0 Å². The minimum absolute atomic E-state index is 0.128. The van der Waals surface area contributed by atoms with E-state index in [1.165, 1.54) is 10.4 Å². The van der Waals surface area contributed by atoms with Crippen molar-refractivity contribution >= 4 is 24.7 Å². The van der Waals surface area contributed by atoms with Crippen LogP contribution in [0.4, 0.5) is 0 Å². The Morgan fingerprint density at radius 3 is 1.92 bits per heavy atom. The second-order valence-electron chi connectivity index (χ2n) is 7.78. The summed E-state index contributed by atoms with van der Waals surface area (Å²) in [6, 6.07) is 20.7. The number of aliphatic hydroxyl groups excluding tert-OH is 1. The van der Waals surface area contributed by atoms with E-state index in [0.717, 1.165) is 0 Å². The Balaban J connectivity index is 2.02. The fraction of sp³-hybridized carbons (Fsp3) is 0.381. The first-order valence-electron chi connectivity index (χ1n) is 8.98. The van der Waals surface area contributed by atoms with Gasteiger partial charge in [0.1, 0.15) is 6.10 Å². The summed E-state index contributed by atoms with van der Waals surface area (Å²) in [5.41, 5.74) is 0. The number of carbonyl (C=O) groups excluding carboxylic acids is 1. The number of cyclic esters (lactones) is 1. The maximum Gasteiger partial charge on any atom is 0.335 e. The highest BCUT2D eigenvalue weighted by Crippen LogP contribution is 2.37. The lowest BCUT2D eigenvalue weighted by molar-refractivity contribution is -0.148. The summed E-state index contributed by atoms with van der Waals surface area (Å²) in [6.07, 6.45) is -1.15. The lowest BCUT2D eigenvalue weighted by Gasteiger charge is -2.43. The highest BCUT2D eigenvalue weighted by atomic mass is 28.4. The number of hydrogen-bond donors (Lipinski definition) is 1. The van der Waals surface area contributed by atoms with Gasteiger partial charge in [-0.05, 0) is 15.4 Å². The fourth-order valence-electron chi connectivity index (χ4n) is 3.72. The smallest absolute Gasteiger partial charge is 0.335 e. The number of hydrogen-bond acceptors (Lipinski definition) is 4. The van der Waals surface area contributed by atoms with Crippen molar-refractivity contribution in [1.29, 1.82) is 0 Å². The summed E-state index contributed by atoms with van der Waals surface area (Å²) >= 11 is 0. The molecular weight excluding hydrogens is 344 g/mol. The zero-order chi connectivity index (χ0) is 18.8. The second kappa shape index (κ2) is 7.35. The molecule has 1 aliphatic rings. The molecule has 0 amide bonds. The van der Waals surface area contributed by atoms with Gasteiger partial charge >= 0.3 is 5.97 Å². The number of aliphatic hydroxyl groups is 1. The summed E-state index contributed by atoms with van der Waals surface area (Å²) in [5.74, 6) is -0.555. The number of rotatable bonds is 5. The molecule has 5 heteroatoms. The summed E-state index contributed by atoms with van der Waals surface area (Å²) in [7, 11) is -2.63. The molecule has 3 rings (SSSR count). The van der Waals surface area contributed by atoms with Crippen LogP contribution >= 0.6 is 0 Å². The van der Waals surface area contributed by atoms with Crippen molar-refractivity contribution in [2.75, 3.05) is 6.61 Å². The van der Waals surface area contributed by atoms with E-state index in [2.05, 4.69) is 45.0 Å². The Kier molecular flexibility index (Phi) is 5.32. The van der Waals surface area contributed by atoms with E-state index < -0.39 is 26.5 Å². The maximum atomic E-state index is 11.5. The molecule has 1 fully saturated rings. The second-order valence-corrected chi connectivity index (χ2v) is 12.1. The van der Waals surface area contributed by atoms with Gasteiger partial charge in [-0.25, -0.2) is 4.79 Å². The summed E-state index contributed by atoms with van der Waals surface area (Å²) < 4.78 is 12.0. The van der Waals surface area contributed by atoms with Gasteiger partial charge in [-0.1, -0.05) is 81.4 Å². The minimum Gasteiger partial charge on any atom is -0.458 e. The van der Waals surface area contributed by atoms with Gasteiger partial charge in [-0.3, -0.25) is 0 Å². The van der Waals surface area contributed by atoms with E-state index >= 15 is 0 Å². The Labute approximate surface area is 155 Å². The van der Waals surface area contributed by atoms with Crippen molar-refractivity contribution < 1.29 is 19.1 Å². The van der Waals surface area contributed by atoms with Gasteiger partial charge in [-0.15, -0.1) is 0 Å². The molecule has 0 saturated carbocycles. The Morgan fingerprint density at radius 2 is 1.54 bits per heavy atom. The third-order valence-corrected chi connectivity index (χ3v) is 9.95. The monoisotopic (exact) mass is 370 g/mol. The average Bonchev–Trinajstić information content (AvgIpc) is 2.94. The SMILES string of the molecule is CC(C)(C)[Si](OC[C@@H]1C[C@@H](O)C(=O)O1)(c1ccccc1)c1ccccc1. The molecule has 0 unspecified atom stereocenters. The number of ether oxygens (including phenoxy) is 1. The molecule has 2 aromatic rings. The first-order valence-corrected chi connectivity index (χ1v) is 10.9. The summed E-state index contributed by atoms with van der Waals surface area (Å²) in [6.45, 7) is 6.90. The fourth-order valence-corrected chi connectivity index (χ4v) is 8.31. The first-order chi connectivity index (χ1) is 12.3. The number of carbonyl (C=O) groups is 1. The van der Waals surface area contributed by atoms with Crippen LogP contribution in [0.3, 0.4) is 0 Å². The lowest BCUT2D eigenvalue weighted by Crippen LogP contribution is -2.67. The maximum absolute atomic E-state index is 11.5. The number of benzene rings is 2. The van der Waals surface area contributed by atoms with Gasteiger partial charge in [0.15, 0.2) is 6.10 Å². The predicted octanol–water partition coefficient (Wildman–Crippen LogP) is 2.24. The van der Waals surface area contributed by atoms with Crippen LogP contribution in [0.1, 0.15) is 27.2 Å². The molecule has 1 aliphatic heterocycles. The van der Waals surface area contributed by atoms with Crippen LogP contribution in [0, 0.1) is 0 Å². The molecule has 1 saturated heterocycles. The van der Waals surface area contributed by atoms with Gasteiger partial charge in [-0.2, -0.15) is 0 Å². The van der Waals surface area contributed by atoms with Crippen LogP contribution < -0.4 is 10.4 Å². The summed E-state index contributed by atoms with van der Waals surface area (Å²) in [4.78, 5) is 11.5. The van der Waals surface area contributed by atoms with Crippen LogP contribution in [-0.4, -0.2) is 38.2 Å². The molecule has 2 aromatic carbocycles. The highest BCUT2D eigenvalue weighted by molar-refractivity contribution is 6.99. The summed E-state index contributed by atoms with van der Waals surface area (Å²) in [5, 5.41) is 11.9. The first kappa shape index (κ1) is 18.8. The van der Waals surface area contributed by atoms with Crippen molar-refractivity contribution in [3.05, 3.63) is 60.7 Å². The molecule has 0 spiro atoms. The zero-order valence-electron chi connectivity index (χ0n) is 15.5. The van der Waals surface area contributed by atoms with Crippen molar-refractivity contribution in [3.63, 3.8) is 0 Å². The number of esters is 1. The quantitative estimate of drug-likeness (QED) is 0.648. The third-order valence-electron chi connectivity index (χ3n) is 4.94. The zero-order valence-corrected chi connectivity index (χ0v) is 16.5. The lowest BCUT2D eigenvalue weighted by atomic mass is 10.2. The average molecular weight is 371 g/mol. The van der Waals surface area contributed by atoms with Gasteiger partial charge in [0.2, 0.25) is 0 Å². The van der Waals surface area contributed by atoms with Crippen molar-refractivity contribution in [2.24, 2.45) is 0 Å². The Morgan fingerprint density at radius 1 is 1.04 bits per heavy atom. The molecule has 26 heavy (non-hydrogen) atoms. The molecular formula is C21H26O4Si. The van der Waals surface area contributed by atoms with Gasteiger partial charge in [0, 0.05) is 6.42 Å². The van der Waals surface area contributed by atoms with Crippen LogP contribution in [0.2, 0.25) is 5.04 Å². The van der Waals surface area contributed by atoms with Gasteiger partial charge in [0.05, 0.1) is 6.61 Å². The molecule has 1 N–H and O–H groups in total. The van der Waals surface area contributed by atoms with Gasteiger partial charge < -0.3 is 14.3 Å².